The lowest BCUT2D eigenvalue weighted by atomic mass is 9.89. The molecule has 0 aliphatic heterocycles. The average molecular weight is 230 g/mol. The first-order valence-electron chi connectivity index (χ1n) is 4.77. The maximum Gasteiger partial charge on any atom is 0.0445 e. The minimum Gasteiger partial charge on any atom is -0.327 e. The van der Waals surface area contributed by atoms with Crippen LogP contribution < -0.4 is 5.73 Å². The number of rotatable bonds is 2. The molecule has 0 spiro atoms. The lowest BCUT2D eigenvalue weighted by molar-refractivity contribution is 0.557. The summed E-state index contributed by atoms with van der Waals surface area (Å²) in [5.41, 5.74) is 7.18. The van der Waals surface area contributed by atoms with Crippen LogP contribution >= 0.6 is 23.2 Å². The van der Waals surface area contributed by atoms with Crippen molar-refractivity contribution in [1.82, 2.24) is 0 Å². The zero-order chi connectivity index (χ0) is 10.3. The minimum absolute atomic E-state index is 0.0853. The summed E-state index contributed by atoms with van der Waals surface area (Å²) in [7, 11) is 0. The van der Waals surface area contributed by atoms with Gasteiger partial charge >= 0.3 is 0 Å². The van der Waals surface area contributed by atoms with Crippen molar-refractivity contribution in [1.29, 1.82) is 0 Å². The van der Waals surface area contributed by atoms with Crippen LogP contribution in [-0.2, 0) is 5.41 Å². The Balaban J connectivity index is 2.46. The van der Waals surface area contributed by atoms with Crippen molar-refractivity contribution in [3.05, 3.63) is 33.8 Å². The molecule has 1 saturated carbocycles. The van der Waals surface area contributed by atoms with Crippen LogP contribution in [0.4, 0.5) is 0 Å². The Labute approximate surface area is 94.2 Å². The van der Waals surface area contributed by atoms with E-state index in [1.807, 2.05) is 25.1 Å². The molecule has 1 aromatic rings. The van der Waals surface area contributed by atoms with Gasteiger partial charge in [-0.1, -0.05) is 23.2 Å². The smallest absolute Gasteiger partial charge is 0.0445 e. The van der Waals surface area contributed by atoms with Gasteiger partial charge in [-0.15, -0.1) is 0 Å². The van der Waals surface area contributed by atoms with Gasteiger partial charge in [-0.2, -0.15) is 0 Å². The fourth-order valence-electron chi connectivity index (χ4n) is 1.98. The molecular formula is C11H13Cl2N. The molecule has 1 aliphatic rings. The average Bonchev–Trinajstić information content (AvgIpc) is 2.90. The Hall–Kier alpha value is -0.240. The van der Waals surface area contributed by atoms with Crippen LogP contribution in [0.5, 0.6) is 0 Å². The van der Waals surface area contributed by atoms with E-state index in [4.69, 9.17) is 28.9 Å². The van der Waals surface area contributed by atoms with Crippen molar-refractivity contribution in [3.63, 3.8) is 0 Å². The Kier molecular flexibility index (Phi) is 2.50. The van der Waals surface area contributed by atoms with Crippen molar-refractivity contribution < 1.29 is 0 Å². The van der Waals surface area contributed by atoms with Gasteiger partial charge in [-0.25, -0.2) is 0 Å². The van der Waals surface area contributed by atoms with Gasteiger partial charge in [0.2, 0.25) is 0 Å². The van der Waals surface area contributed by atoms with E-state index in [-0.39, 0.29) is 11.5 Å². The van der Waals surface area contributed by atoms with E-state index >= 15 is 0 Å². The fraction of sp³-hybridized carbons (Fsp3) is 0.455. The zero-order valence-electron chi connectivity index (χ0n) is 8.06. The lowest BCUT2D eigenvalue weighted by Crippen LogP contribution is -2.31. The highest BCUT2D eigenvalue weighted by Crippen LogP contribution is 2.52. The van der Waals surface area contributed by atoms with E-state index in [0.29, 0.717) is 0 Å². The van der Waals surface area contributed by atoms with E-state index in [2.05, 4.69) is 0 Å². The van der Waals surface area contributed by atoms with Crippen LogP contribution in [0.25, 0.3) is 0 Å². The number of halogens is 2. The van der Waals surface area contributed by atoms with Crippen molar-refractivity contribution in [2.45, 2.75) is 31.2 Å². The lowest BCUT2D eigenvalue weighted by Gasteiger charge is -2.21. The standard InChI is InChI=1S/C11H13Cl2N/c1-7(14)11(4-5-11)9-6-8(12)2-3-10(9)13/h2-3,6-7H,4-5,14H2,1H3. The Morgan fingerprint density at radius 3 is 2.50 bits per heavy atom. The molecule has 0 bridgehead atoms. The molecule has 1 fully saturated rings. The zero-order valence-corrected chi connectivity index (χ0v) is 9.57. The topological polar surface area (TPSA) is 26.0 Å². The summed E-state index contributed by atoms with van der Waals surface area (Å²) in [5.74, 6) is 0. The van der Waals surface area contributed by atoms with Gasteiger partial charge in [-0.05, 0) is 43.5 Å². The van der Waals surface area contributed by atoms with Crippen molar-refractivity contribution in [2.24, 2.45) is 5.73 Å². The minimum atomic E-state index is 0.0853. The summed E-state index contributed by atoms with van der Waals surface area (Å²) in [6, 6.07) is 5.74. The normalized spacial score (nSPS) is 20.6. The van der Waals surface area contributed by atoms with Gasteiger partial charge in [0, 0.05) is 21.5 Å². The first-order chi connectivity index (χ1) is 6.56. The van der Waals surface area contributed by atoms with E-state index in [1.165, 1.54) is 0 Å². The molecule has 1 aliphatic carbocycles. The molecule has 1 nitrogen and oxygen atoms in total. The molecule has 0 radical (unpaired) electrons. The highest BCUT2D eigenvalue weighted by Gasteiger charge is 2.48. The predicted octanol–water partition coefficient (Wildman–Crippen LogP) is 3.37. The molecule has 0 aromatic heterocycles. The first kappa shape index (κ1) is 10.3. The van der Waals surface area contributed by atoms with Gasteiger partial charge < -0.3 is 5.73 Å². The molecule has 0 saturated heterocycles. The highest BCUT2D eigenvalue weighted by molar-refractivity contribution is 6.33. The maximum absolute atomic E-state index is 6.15. The number of hydrogen-bond donors (Lipinski definition) is 1. The summed E-state index contributed by atoms with van der Waals surface area (Å²) < 4.78 is 0. The van der Waals surface area contributed by atoms with Gasteiger partial charge in [0.25, 0.3) is 0 Å². The van der Waals surface area contributed by atoms with Crippen LogP contribution in [0.3, 0.4) is 0 Å². The molecule has 1 unspecified atom stereocenters. The molecule has 1 aromatic carbocycles. The molecule has 2 N–H and O–H groups in total. The van der Waals surface area contributed by atoms with Crippen LogP contribution in [0.2, 0.25) is 10.0 Å². The Morgan fingerprint density at radius 1 is 1.36 bits per heavy atom. The van der Waals surface area contributed by atoms with Gasteiger partial charge in [0.15, 0.2) is 0 Å². The van der Waals surface area contributed by atoms with E-state index in [1.54, 1.807) is 0 Å². The highest BCUT2D eigenvalue weighted by atomic mass is 35.5. The third-order valence-corrected chi connectivity index (χ3v) is 3.69. The third kappa shape index (κ3) is 1.54. The predicted molar refractivity (Wildman–Crippen MR) is 61.0 cm³/mol. The number of hydrogen-bond acceptors (Lipinski definition) is 1. The third-order valence-electron chi connectivity index (χ3n) is 3.13. The van der Waals surface area contributed by atoms with Crippen LogP contribution in [0.1, 0.15) is 25.3 Å². The molecule has 0 amide bonds. The summed E-state index contributed by atoms with van der Waals surface area (Å²) in [4.78, 5) is 0. The van der Waals surface area contributed by atoms with Crippen molar-refractivity contribution in [3.8, 4) is 0 Å². The second kappa shape index (κ2) is 3.41. The summed E-state index contributed by atoms with van der Waals surface area (Å²) in [6.45, 7) is 2.03. The molecule has 3 heteroatoms. The van der Waals surface area contributed by atoms with Gasteiger partial charge in [0.1, 0.15) is 0 Å². The first-order valence-corrected chi connectivity index (χ1v) is 5.53. The molecule has 2 rings (SSSR count). The van der Waals surface area contributed by atoms with E-state index in [0.717, 1.165) is 28.5 Å². The second-order valence-electron chi connectivity index (χ2n) is 4.07. The summed E-state index contributed by atoms with van der Waals surface area (Å²) in [5, 5.41) is 1.51. The van der Waals surface area contributed by atoms with Gasteiger partial charge in [-0.3, -0.25) is 0 Å². The van der Waals surface area contributed by atoms with Crippen LogP contribution in [-0.4, -0.2) is 6.04 Å². The quantitative estimate of drug-likeness (QED) is 0.828. The number of nitrogens with two attached hydrogens (primary N) is 1. The van der Waals surface area contributed by atoms with E-state index in [9.17, 15) is 0 Å². The Bertz CT molecular complexity index is 356. The molecule has 76 valence electrons. The van der Waals surface area contributed by atoms with Gasteiger partial charge in [0.05, 0.1) is 0 Å². The molecule has 0 heterocycles. The monoisotopic (exact) mass is 229 g/mol. The van der Waals surface area contributed by atoms with Crippen LogP contribution in [0, 0.1) is 0 Å². The maximum atomic E-state index is 6.15. The molecular weight excluding hydrogens is 217 g/mol. The number of benzene rings is 1. The van der Waals surface area contributed by atoms with Crippen LogP contribution in [0.15, 0.2) is 18.2 Å². The van der Waals surface area contributed by atoms with Crippen molar-refractivity contribution >= 4 is 23.2 Å². The SMILES string of the molecule is CC(N)C1(c2cc(Cl)ccc2Cl)CC1. The summed E-state index contributed by atoms with van der Waals surface area (Å²) >= 11 is 12.1. The largest absolute Gasteiger partial charge is 0.327 e. The molecule has 1 atom stereocenters. The Morgan fingerprint density at radius 2 is 2.00 bits per heavy atom. The fourth-order valence-corrected chi connectivity index (χ4v) is 2.46. The summed E-state index contributed by atoms with van der Waals surface area (Å²) in [6.07, 6.45) is 2.23. The van der Waals surface area contributed by atoms with E-state index < -0.39 is 0 Å². The second-order valence-corrected chi connectivity index (χ2v) is 4.91. The van der Waals surface area contributed by atoms with Crippen molar-refractivity contribution in [2.75, 3.05) is 0 Å². The molecule has 14 heavy (non-hydrogen) atoms.